The third-order valence-electron chi connectivity index (χ3n) is 3.51. The highest BCUT2D eigenvalue weighted by Gasteiger charge is 2.15. The average molecular weight is 278 g/mol. The molecule has 6 nitrogen and oxygen atoms in total. The zero-order valence-corrected chi connectivity index (χ0v) is 10.9. The van der Waals surface area contributed by atoms with Gasteiger partial charge >= 0.3 is 0 Å². The monoisotopic (exact) mass is 278 g/mol. The molecule has 0 saturated heterocycles. The number of H-pyrrole nitrogens is 1. The second-order valence-electron chi connectivity index (χ2n) is 4.77. The number of nitrogens with one attached hydrogen (secondary N) is 1. The third-order valence-corrected chi connectivity index (χ3v) is 3.51. The molecule has 2 aromatic carbocycles. The SMILES string of the molecule is O=[N+]([O-])c1ccc2[nH]c3cnn(-c4ccccc4)c3c2c1. The molecule has 0 unspecified atom stereocenters. The number of rotatable bonds is 2. The second kappa shape index (κ2) is 4.17. The predicted molar refractivity (Wildman–Crippen MR) is 79.6 cm³/mol. The van der Waals surface area contributed by atoms with Crippen LogP contribution in [0.5, 0.6) is 0 Å². The standard InChI is InChI=1S/C15H10N4O2/c20-19(21)11-6-7-13-12(8-11)15-14(17-13)9-16-18(15)10-4-2-1-3-5-10/h1-9,17H. The molecule has 2 heterocycles. The van der Waals surface area contributed by atoms with Gasteiger partial charge in [0.05, 0.1) is 27.8 Å². The summed E-state index contributed by atoms with van der Waals surface area (Å²) in [4.78, 5) is 13.8. The van der Waals surface area contributed by atoms with Gasteiger partial charge in [-0.2, -0.15) is 5.10 Å². The number of para-hydroxylation sites is 1. The van der Waals surface area contributed by atoms with E-state index in [0.29, 0.717) is 0 Å². The Morgan fingerprint density at radius 2 is 1.90 bits per heavy atom. The number of hydrogen-bond acceptors (Lipinski definition) is 3. The minimum Gasteiger partial charge on any atom is -0.352 e. The van der Waals surface area contributed by atoms with Crippen molar-refractivity contribution in [3.63, 3.8) is 0 Å². The van der Waals surface area contributed by atoms with Crippen LogP contribution in [0.4, 0.5) is 5.69 Å². The minimum absolute atomic E-state index is 0.0733. The maximum Gasteiger partial charge on any atom is 0.270 e. The second-order valence-corrected chi connectivity index (χ2v) is 4.77. The lowest BCUT2D eigenvalue weighted by Crippen LogP contribution is -1.95. The molecule has 0 aliphatic heterocycles. The molecule has 4 aromatic rings. The molecule has 2 aromatic heterocycles. The van der Waals surface area contributed by atoms with Gasteiger partial charge in [-0.25, -0.2) is 4.68 Å². The molecule has 21 heavy (non-hydrogen) atoms. The van der Waals surface area contributed by atoms with E-state index in [0.717, 1.165) is 27.6 Å². The van der Waals surface area contributed by atoms with E-state index in [1.54, 1.807) is 23.0 Å². The fraction of sp³-hybridized carbons (Fsp3) is 0. The van der Waals surface area contributed by atoms with E-state index in [-0.39, 0.29) is 10.6 Å². The van der Waals surface area contributed by atoms with Crippen molar-refractivity contribution in [2.24, 2.45) is 0 Å². The molecule has 0 saturated carbocycles. The highest BCUT2D eigenvalue weighted by Crippen LogP contribution is 2.29. The van der Waals surface area contributed by atoms with Crippen LogP contribution in [0.1, 0.15) is 0 Å². The molecule has 4 rings (SSSR count). The molecule has 0 spiro atoms. The van der Waals surface area contributed by atoms with Gasteiger partial charge in [-0.3, -0.25) is 10.1 Å². The maximum absolute atomic E-state index is 11.0. The number of aromatic nitrogens is 3. The summed E-state index contributed by atoms with van der Waals surface area (Å²) in [5.74, 6) is 0. The molecule has 0 aliphatic rings. The van der Waals surface area contributed by atoms with Crippen LogP contribution in [0.25, 0.3) is 27.6 Å². The number of hydrogen-bond donors (Lipinski definition) is 1. The predicted octanol–water partition coefficient (Wildman–Crippen LogP) is 3.42. The third kappa shape index (κ3) is 1.69. The van der Waals surface area contributed by atoms with Gasteiger partial charge in [0, 0.05) is 23.0 Å². The Balaban J connectivity index is 2.07. The molecule has 0 amide bonds. The van der Waals surface area contributed by atoms with E-state index < -0.39 is 0 Å². The van der Waals surface area contributed by atoms with E-state index in [9.17, 15) is 10.1 Å². The zero-order chi connectivity index (χ0) is 14.4. The Labute approximate surface area is 118 Å². The fourth-order valence-corrected chi connectivity index (χ4v) is 2.56. The molecular formula is C15H10N4O2. The Morgan fingerprint density at radius 1 is 1.10 bits per heavy atom. The van der Waals surface area contributed by atoms with E-state index >= 15 is 0 Å². The van der Waals surface area contributed by atoms with Crippen molar-refractivity contribution in [3.8, 4) is 5.69 Å². The van der Waals surface area contributed by atoms with Crippen LogP contribution in [0.3, 0.4) is 0 Å². The highest BCUT2D eigenvalue weighted by molar-refractivity contribution is 6.06. The first kappa shape index (κ1) is 11.7. The van der Waals surface area contributed by atoms with E-state index in [1.165, 1.54) is 6.07 Å². The molecular weight excluding hydrogens is 268 g/mol. The van der Waals surface area contributed by atoms with E-state index in [4.69, 9.17) is 0 Å². The zero-order valence-electron chi connectivity index (χ0n) is 10.9. The lowest BCUT2D eigenvalue weighted by atomic mass is 10.2. The number of nitrogens with zero attached hydrogens (tertiary/aromatic N) is 3. The van der Waals surface area contributed by atoms with Crippen molar-refractivity contribution in [1.82, 2.24) is 14.8 Å². The lowest BCUT2D eigenvalue weighted by Gasteiger charge is -2.02. The van der Waals surface area contributed by atoms with Crippen LogP contribution in [0.15, 0.2) is 54.7 Å². The smallest absolute Gasteiger partial charge is 0.270 e. The Morgan fingerprint density at radius 3 is 2.67 bits per heavy atom. The highest BCUT2D eigenvalue weighted by atomic mass is 16.6. The van der Waals surface area contributed by atoms with Crippen molar-refractivity contribution in [2.45, 2.75) is 0 Å². The van der Waals surface area contributed by atoms with Crippen molar-refractivity contribution in [2.75, 3.05) is 0 Å². The Hall–Kier alpha value is -3.15. The maximum atomic E-state index is 11.0. The number of non-ortho nitro benzene ring substituents is 1. The quantitative estimate of drug-likeness (QED) is 0.451. The van der Waals surface area contributed by atoms with Gasteiger partial charge < -0.3 is 4.98 Å². The summed E-state index contributed by atoms with van der Waals surface area (Å²) in [5, 5.41) is 16.1. The number of aromatic amines is 1. The topological polar surface area (TPSA) is 76.8 Å². The first-order valence-electron chi connectivity index (χ1n) is 6.43. The average Bonchev–Trinajstić information content (AvgIpc) is 3.06. The molecule has 0 aliphatic carbocycles. The van der Waals surface area contributed by atoms with Gasteiger partial charge in [-0.15, -0.1) is 0 Å². The van der Waals surface area contributed by atoms with E-state index in [2.05, 4.69) is 10.1 Å². The summed E-state index contributed by atoms with van der Waals surface area (Å²) >= 11 is 0. The minimum atomic E-state index is -0.387. The Bertz CT molecular complexity index is 969. The van der Waals surface area contributed by atoms with Crippen molar-refractivity contribution in [3.05, 3.63) is 64.8 Å². The van der Waals surface area contributed by atoms with Crippen molar-refractivity contribution < 1.29 is 4.92 Å². The fourth-order valence-electron chi connectivity index (χ4n) is 2.56. The molecule has 0 atom stereocenters. The summed E-state index contributed by atoms with van der Waals surface area (Å²) < 4.78 is 1.79. The van der Waals surface area contributed by atoms with Gasteiger partial charge in [-0.1, -0.05) is 18.2 Å². The molecule has 1 N–H and O–H groups in total. The van der Waals surface area contributed by atoms with Crippen molar-refractivity contribution in [1.29, 1.82) is 0 Å². The first-order chi connectivity index (χ1) is 10.2. The van der Waals surface area contributed by atoms with Gasteiger partial charge in [0.1, 0.15) is 0 Å². The molecule has 6 heteroatoms. The van der Waals surface area contributed by atoms with Gasteiger partial charge in [0.15, 0.2) is 0 Å². The normalized spacial score (nSPS) is 11.2. The Kier molecular flexibility index (Phi) is 2.32. The number of nitro groups is 1. The summed E-state index contributed by atoms with van der Waals surface area (Å²) in [6.45, 7) is 0. The lowest BCUT2D eigenvalue weighted by molar-refractivity contribution is -0.384. The van der Waals surface area contributed by atoms with Crippen LogP contribution in [0.2, 0.25) is 0 Å². The van der Waals surface area contributed by atoms with Crippen LogP contribution in [0, 0.1) is 10.1 Å². The molecule has 0 fully saturated rings. The van der Waals surface area contributed by atoms with E-state index in [1.807, 2.05) is 30.3 Å². The summed E-state index contributed by atoms with van der Waals surface area (Å²) in [7, 11) is 0. The van der Waals surface area contributed by atoms with Crippen LogP contribution in [-0.4, -0.2) is 19.7 Å². The summed E-state index contributed by atoms with van der Waals surface area (Å²) in [6, 6.07) is 14.5. The largest absolute Gasteiger partial charge is 0.352 e. The molecule has 0 bridgehead atoms. The van der Waals surface area contributed by atoms with Crippen LogP contribution < -0.4 is 0 Å². The number of nitro benzene ring substituents is 1. The first-order valence-corrected chi connectivity index (χ1v) is 6.43. The van der Waals surface area contributed by atoms with Gasteiger partial charge in [-0.05, 0) is 18.2 Å². The van der Waals surface area contributed by atoms with Gasteiger partial charge in [0.25, 0.3) is 5.69 Å². The molecule has 0 radical (unpaired) electrons. The summed E-state index contributed by atoms with van der Waals surface area (Å²) in [5.41, 5.74) is 3.55. The van der Waals surface area contributed by atoms with Crippen LogP contribution >= 0.6 is 0 Å². The number of fused-ring (bicyclic) bond motifs is 3. The number of benzene rings is 2. The van der Waals surface area contributed by atoms with Crippen molar-refractivity contribution >= 4 is 27.6 Å². The molecule has 102 valence electrons. The van der Waals surface area contributed by atoms with Gasteiger partial charge in [0.2, 0.25) is 0 Å². The van der Waals surface area contributed by atoms with Crippen LogP contribution in [-0.2, 0) is 0 Å². The summed E-state index contributed by atoms with van der Waals surface area (Å²) in [6.07, 6.45) is 1.73.